The summed E-state index contributed by atoms with van der Waals surface area (Å²) in [6.07, 6.45) is 1.21. The maximum absolute atomic E-state index is 12.2. The van der Waals surface area contributed by atoms with E-state index in [4.69, 9.17) is 24.3 Å². The lowest BCUT2D eigenvalue weighted by Gasteiger charge is -2.19. The van der Waals surface area contributed by atoms with Gasteiger partial charge in [-0.1, -0.05) is 18.7 Å². The number of phosphoric ester groups is 1. The Hall–Kier alpha value is -1.80. The highest BCUT2D eigenvalue weighted by Gasteiger charge is 2.37. The van der Waals surface area contributed by atoms with E-state index in [2.05, 4.69) is 15.0 Å². The van der Waals surface area contributed by atoms with Gasteiger partial charge in [-0.2, -0.15) is 9.97 Å². The van der Waals surface area contributed by atoms with Crippen molar-refractivity contribution in [2.75, 3.05) is 37.9 Å². The third kappa shape index (κ3) is 6.91. The first-order chi connectivity index (χ1) is 16.5. The minimum Gasteiger partial charge on any atom is -0.476 e. The lowest BCUT2D eigenvalue weighted by molar-refractivity contribution is -0.119. The van der Waals surface area contributed by atoms with Crippen LogP contribution < -0.4 is 10.5 Å². The largest absolute Gasteiger partial charge is 0.476 e. The first kappa shape index (κ1) is 27.8. The zero-order chi connectivity index (χ0) is 25.8. The Labute approximate surface area is 207 Å². The summed E-state index contributed by atoms with van der Waals surface area (Å²) >= 11 is 0.924. The second kappa shape index (κ2) is 11.5. The minimum atomic E-state index is -4.34. The first-order valence-electron chi connectivity index (χ1n) is 11.2. The van der Waals surface area contributed by atoms with E-state index in [1.54, 1.807) is 24.7 Å². The lowest BCUT2D eigenvalue weighted by Crippen LogP contribution is -2.26. The van der Waals surface area contributed by atoms with Crippen LogP contribution in [0.5, 0.6) is 5.88 Å². The number of carbonyl (C=O) groups is 1. The number of imidazole rings is 1. The van der Waals surface area contributed by atoms with Crippen LogP contribution in [0.1, 0.15) is 40.3 Å². The molecule has 1 fully saturated rings. The average Bonchev–Trinajstić information content (AvgIpc) is 3.38. The van der Waals surface area contributed by atoms with Gasteiger partial charge in [-0.05, 0) is 27.2 Å². The number of nitrogens with two attached hydrogens (primary N) is 1. The molecular weight excluding hydrogens is 501 g/mol. The van der Waals surface area contributed by atoms with Crippen LogP contribution in [0.3, 0.4) is 0 Å². The predicted octanol–water partition coefficient (Wildman–Crippen LogP) is 2.14. The summed E-state index contributed by atoms with van der Waals surface area (Å²) in [4.78, 5) is 34.6. The number of aliphatic hydroxyl groups is 1. The van der Waals surface area contributed by atoms with Crippen molar-refractivity contribution in [1.82, 2.24) is 19.5 Å². The summed E-state index contributed by atoms with van der Waals surface area (Å²) in [5.74, 6) is 0.505. The maximum atomic E-state index is 12.2. The Kier molecular flexibility index (Phi) is 9.13. The second-order valence-electron chi connectivity index (χ2n) is 8.78. The van der Waals surface area contributed by atoms with Gasteiger partial charge >= 0.3 is 7.82 Å². The van der Waals surface area contributed by atoms with Crippen LogP contribution in [-0.4, -0.2) is 72.9 Å². The zero-order valence-electron chi connectivity index (χ0n) is 20.1. The Bertz CT molecular complexity index is 1080. The molecule has 0 amide bonds. The Balaban J connectivity index is 1.54. The van der Waals surface area contributed by atoms with Gasteiger partial charge in [-0.15, -0.1) is 0 Å². The molecule has 1 aliphatic heterocycles. The standard InChI is InChI=1S/C20H32N5O8PS/c1-5-30-16-14-15(23-19(21)24-16)25(11-22-14)17-12(2)8-13(33-17)9-32-34(28,29)31-6-7-35-18(27)20(3,4)10-26/h11-13,17,26H,5-10H2,1-4H3,(H,28,29)(H2,21,23,24). The molecule has 4 unspecified atom stereocenters. The number of aromatic nitrogens is 4. The fraction of sp³-hybridized carbons (Fsp3) is 0.700. The van der Waals surface area contributed by atoms with Gasteiger partial charge in [0.15, 0.2) is 16.3 Å². The number of hydrogen-bond donors (Lipinski definition) is 3. The van der Waals surface area contributed by atoms with Crippen molar-refractivity contribution in [1.29, 1.82) is 0 Å². The van der Waals surface area contributed by atoms with Gasteiger partial charge in [0.1, 0.15) is 6.23 Å². The molecule has 0 spiro atoms. The van der Waals surface area contributed by atoms with Gasteiger partial charge in [0.05, 0.1) is 44.3 Å². The number of hydrogen-bond acceptors (Lipinski definition) is 12. The maximum Gasteiger partial charge on any atom is 0.472 e. The van der Waals surface area contributed by atoms with Gasteiger partial charge in [0.25, 0.3) is 0 Å². The molecule has 35 heavy (non-hydrogen) atoms. The summed E-state index contributed by atoms with van der Waals surface area (Å²) in [6.45, 7) is 6.82. The minimum absolute atomic E-state index is 0.0176. The smallest absolute Gasteiger partial charge is 0.472 e. The van der Waals surface area contributed by atoms with E-state index in [0.29, 0.717) is 24.2 Å². The van der Waals surface area contributed by atoms with E-state index < -0.39 is 25.6 Å². The molecule has 4 atom stereocenters. The number of ether oxygens (including phenoxy) is 2. The van der Waals surface area contributed by atoms with Crippen LogP contribution in [-0.2, 0) is 23.1 Å². The predicted molar refractivity (Wildman–Crippen MR) is 129 cm³/mol. The summed E-state index contributed by atoms with van der Waals surface area (Å²) in [5, 5.41) is 8.98. The number of nitrogens with zero attached hydrogens (tertiary/aromatic N) is 4. The lowest BCUT2D eigenvalue weighted by atomic mass is 9.97. The van der Waals surface area contributed by atoms with Crippen molar-refractivity contribution in [2.45, 2.75) is 46.4 Å². The number of aliphatic hydroxyl groups excluding tert-OH is 1. The highest BCUT2D eigenvalue weighted by atomic mass is 32.2. The molecule has 3 heterocycles. The molecule has 15 heteroatoms. The fourth-order valence-electron chi connectivity index (χ4n) is 3.46. The molecule has 4 N–H and O–H groups in total. The van der Waals surface area contributed by atoms with Crippen LogP contribution in [0.25, 0.3) is 11.2 Å². The summed E-state index contributed by atoms with van der Waals surface area (Å²) in [5.41, 5.74) is 5.86. The molecule has 0 bridgehead atoms. The summed E-state index contributed by atoms with van der Waals surface area (Å²) in [6, 6.07) is 0. The van der Waals surface area contributed by atoms with Crippen LogP contribution >= 0.6 is 19.6 Å². The Morgan fingerprint density at radius 3 is 2.83 bits per heavy atom. The number of rotatable bonds is 12. The normalized spacial score (nSPS) is 22.4. The van der Waals surface area contributed by atoms with E-state index in [9.17, 15) is 19.4 Å². The average molecular weight is 534 g/mol. The van der Waals surface area contributed by atoms with E-state index in [1.165, 1.54) is 0 Å². The molecule has 0 aliphatic carbocycles. The molecular formula is C20H32N5O8PS. The molecule has 2 aromatic rings. The van der Waals surface area contributed by atoms with Crippen molar-refractivity contribution in [3.8, 4) is 5.88 Å². The number of thioether (sulfide) groups is 1. The summed E-state index contributed by atoms with van der Waals surface area (Å²) < 4.78 is 35.6. The van der Waals surface area contributed by atoms with Crippen LogP contribution in [0.2, 0.25) is 0 Å². The number of carbonyl (C=O) groups excluding carboxylic acids is 1. The molecule has 1 aliphatic rings. The molecule has 196 valence electrons. The number of nitrogen functional groups attached to an aromatic ring is 1. The van der Waals surface area contributed by atoms with Crippen LogP contribution in [0.15, 0.2) is 6.33 Å². The van der Waals surface area contributed by atoms with Crippen LogP contribution in [0, 0.1) is 11.3 Å². The first-order valence-corrected chi connectivity index (χ1v) is 13.6. The monoisotopic (exact) mass is 533 g/mol. The van der Waals surface area contributed by atoms with E-state index in [1.807, 2.05) is 13.8 Å². The molecule has 2 aromatic heterocycles. The molecule has 0 radical (unpaired) electrons. The molecule has 1 saturated heterocycles. The zero-order valence-corrected chi connectivity index (χ0v) is 21.8. The van der Waals surface area contributed by atoms with Gasteiger partial charge in [-0.25, -0.2) is 9.55 Å². The number of phosphoric acid groups is 1. The van der Waals surface area contributed by atoms with Crippen molar-refractivity contribution >= 4 is 41.8 Å². The van der Waals surface area contributed by atoms with Crippen molar-refractivity contribution in [2.24, 2.45) is 11.3 Å². The molecule has 0 aromatic carbocycles. The molecule has 3 rings (SSSR count). The quantitative estimate of drug-likeness (QED) is 0.267. The van der Waals surface area contributed by atoms with Gasteiger partial charge < -0.3 is 25.2 Å². The van der Waals surface area contributed by atoms with Crippen molar-refractivity contribution < 1.29 is 37.9 Å². The van der Waals surface area contributed by atoms with Crippen molar-refractivity contribution in [3.63, 3.8) is 0 Å². The fourth-order valence-corrected chi connectivity index (χ4v) is 5.14. The van der Waals surface area contributed by atoms with Crippen LogP contribution in [0.4, 0.5) is 5.95 Å². The van der Waals surface area contributed by atoms with E-state index in [0.717, 1.165) is 11.8 Å². The van der Waals surface area contributed by atoms with E-state index >= 15 is 0 Å². The SMILES string of the molecule is CCOc1nc(N)nc2c1ncn2C1OC(COP(=O)(O)OCCSC(=O)C(C)(C)CO)CC1C. The summed E-state index contributed by atoms with van der Waals surface area (Å²) in [7, 11) is -4.34. The number of anilines is 1. The highest BCUT2D eigenvalue weighted by Crippen LogP contribution is 2.45. The highest BCUT2D eigenvalue weighted by molar-refractivity contribution is 8.13. The third-order valence-electron chi connectivity index (χ3n) is 5.36. The topological polar surface area (TPSA) is 181 Å². The van der Waals surface area contributed by atoms with Gasteiger partial charge in [0, 0.05) is 11.7 Å². The van der Waals surface area contributed by atoms with Crippen molar-refractivity contribution in [3.05, 3.63) is 6.33 Å². The van der Waals surface area contributed by atoms with E-state index in [-0.39, 0.29) is 48.4 Å². The third-order valence-corrected chi connectivity index (χ3v) is 7.53. The van der Waals surface area contributed by atoms with Gasteiger partial charge in [0.2, 0.25) is 11.8 Å². The molecule has 0 saturated carbocycles. The van der Waals surface area contributed by atoms with Gasteiger partial charge in [-0.3, -0.25) is 18.4 Å². The molecule has 13 nitrogen and oxygen atoms in total. The number of fused-ring (bicyclic) bond motifs is 1. The Morgan fingerprint density at radius 2 is 2.14 bits per heavy atom. The Morgan fingerprint density at radius 1 is 1.40 bits per heavy atom. The second-order valence-corrected chi connectivity index (χ2v) is 11.3.